The Morgan fingerprint density at radius 1 is 1.25 bits per heavy atom. The fourth-order valence-electron chi connectivity index (χ4n) is 0.649. The van der Waals surface area contributed by atoms with Crippen molar-refractivity contribution in [2.24, 2.45) is 0 Å². The van der Waals surface area contributed by atoms with Gasteiger partial charge in [-0.1, -0.05) is 0 Å². The van der Waals surface area contributed by atoms with Crippen LogP contribution in [-0.4, -0.2) is 7.11 Å². The molecule has 60 valence electrons. The smallest absolute Gasteiger partial charge is 0.385 e. The Labute approximate surface area is 89.9 Å². The van der Waals surface area contributed by atoms with Gasteiger partial charge in [0.15, 0.2) is 4.98 Å². The summed E-state index contributed by atoms with van der Waals surface area (Å²) in [6, 6.07) is 6.79. The molecule has 0 unspecified atom stereocenters. The van der Waals surface area contributed by atoms with Crippen molar-refractivity contribution in [2.75, 3.05) is 7.11 Å². The Morgan fingerprint density at radius 2 is 1.75 bits per heavy atom. The van der Waals surface area contributed by atoms with Gasteiger partial charge in [0.25, 0.3) is 0 Å². The van der Waals surface area contributed by atoms with Crippen LogP contribution in [0.5, 0.6) is 5.75 Å². The zero-order chi connectivity index (χ0) is 7.40. The molecule has 0 saturated carbocycles. The standard InChI is InChI=1S/C7H7N2O.ClH.Zn/c1-10-7-4-2-6(9-8)3-5-7;;/h2-5H,1H3;1H;/q+1;;/p-1. The van der Waals surface area contributed by atoms with Crippen LogP contribution in [-0.2, 0) is 19.5 Å². The number of hydrogen-bond acceptors (Lipinski definition) is 2. The molecular weight excluding hydrogens is 229 g/mol. The van der Waals surface area contributed by atoms with E-state index in [1.165, 1.54) is 0 Å². The molecule has 0 aromatic heterocycles. The monoisotopic (exact) mass is 234 g/mol. The van der Waals surface area contributed by atoms with Gasteiger partial charge in [0, 0.05) is 31.6 Å². The van der Waals surface area contributed by atoms with Crippen LogP contribution in [0, 0.1) is 5.39 Å². The molecule has 1 aromatic rings. The van der Waals surface area contributed by atoms with Crippen LogP contribution in [0.2, 0.25) is 0 Å². The van der Waals surface area contributed by atoms with E-state index in [0.29, 0.717) is 5.69 Å². The van der Waals surface area contributed by atoms with Gasteiger partial charge >= 0.3 is 5.69 Å². The SMILES string of the molecule is COc1ccc([N+]#N)cc1.[Cl-].[Zn]. The summed E-state index contributed by atoms with van der Waals surface area (Å²) in [4.78, 5) is 2.99. The van der Waals surface area contributed by atoms with Crippen molar-refractivity contribution in [3.05, 3.63) is 29.2 Å². The molecule has 1 aromatic carbocycles. The first kappa shape index (κ1) is 13.9. The van der Waals surface area contributed by atoms with Crippen LogP contribution < -0.4 is 17.1 Å². The van der Waals surface area contributed by atoms with Crippen molar-refractivity contribution in [3.8, 4) is 5.75 Å². The maximum absolute atomic E-state index is 8.29. The molecule has 0 spiro atoms. The van der Waals surface area contributed by atoms with Gasteiger partial charge in [-0.05, 0) is 12.1 Å². The predicted octanol–water partition coefficient (Wildman–Crippen LogP) is -0.819. The van der Waals surface area contributed by atoms with E-state index in [0.717, 1.165) is 5.75 Å². The Hall–Kier alpha value is -0.647. The zero-order valence-corrected chi connectivity index (χ0v) is 10.4. The van der Waals surface area contributed by atoms with Gasteiger partial charge in [-0.2, -0.15) is 0 Å². The average Bonchev–Trinajstić information content (AvgIpc) is 2.05. The van der Waals surface area contributed by atoms with E-state index in [-0.39, 0.29) is 31.9 Å². The van der Waals surface area contributed by atoms with E-state index in [9.17, 15) is 0 Å². The van der Waals surface area contributed by atoms with Crippen molar-refractivity contribution in [1.82, 2.24) is 0 Å². The van der Waals surface area contributed by atoms with Crippen LogP contribution >= 0.6 is 0 Å². The molecular formula is C7H7ClN2OZn. The molecule has 0 radical (unpaired) electrons. The maximum atomic E-state index is 8.29. The van der Waals surface area contributed by atoms with E-state index in [1.54, 1.807) is 31.4 Å². The second kappa shape index (κ2) is 7.03. The zero-order valence-electron chi connectivity index (χ0n) is 6.70. The predicted molar refractivity (Wildman–Crippen MR) is 37.7 cm³/mol. The van der Waals surface area contributed by atoms with Gasteiger partial charge in [0.2, 0.25) is 5.39 Å². The van der Waals surface area contributed by atoms with E-state index < -0.39 is 0 Å². The van der Waals surface area contributed by atoms with Crippen molar-refractivity contribution >= 4 is 5.69 Å². The minimum absolute atomic E-state index is 0. The van der Waals surface area contributed by atoms with Crippen molar-refractivity contribution < 1.29 is 36.6 Å². The molecule has 0 aliphatic carbocycles. The summed E-state index contributed by atoms with van der Waals surface area (Å²) in [5, 5.41) is 8.29. The number of hydrogen-bond donors (Lipinski definition) is 0. The molecule has 0 fully saturated rings. The third-order valence-electron chi connectivity index (χ3n) is 1.19. The first-order valence-electron chi connectivity index (χ1n) is 2.86. The topological polar surface area (TPSA) is 37.4 Å². The molecule has 0 amide bonds. The Morgan fingerprint density at radius 3 is 2.08 bits per heavy atom. The Kier molecular flexibility index (Phi) is 8.15. The minimum Gasteiger partial charge on any atom is -1.00 e. The van der Waals surface area contributed by atoms with Gasteiger partial charge in [-0.25, -0.2) is 0 Å². The number of methoxy groups -OCH3 is 1. The molecule has 1 rings (SSSR count). The quantitative estimate of drug-likeness (QED) is 0.472. The summed E-state index contributed by atoms with van der Waals surface area (Å²) in [5.41, 5.74) is 0.529. The summed E-state index contributed by atoms with van der Waals surface area (Å²) in [6.45, 7) is 0. The summed E-state index contributed by atoms with van der Waals surface area (Å²) in [6.07, 6.45) is 0. The third kappa shape index (κ3) is 3.66. The summed E-state index contributed by atoms with van der Waals surface area (Å²) >= 11 is 0. The van der Waals surface area contributed by atoms with Crippen molar-refractivity contribution in [3.63, 3.8) is 0 Å². The van der Waals surface area contributed by atoms with E-state index in [2.05, 4.69) is 4.98 Å². The molecule has 3 nitrogen and oxygen atoms in total. The average molecular weight is 236 g/mol. The van der Waals surface area contributed by atoms with Gasteiger partial charge in [-0.3, -0.25) is 0 Å². The molecule has 12 heavy (non-hydrogen) atoms. The van der Waals surface area contributed by atoms with Crippen LogP contribution in [0.15, 0.2) is 24.3 Å². The largest absolute Gasteiger partial charge is 1.00 e. The molecule has 5 heteroatoms. The Bertz CT molecular complexity index is 257. The van der Waals surface area contributed by atoms with Crippen molar-refractivity contribution in [1.29, 1.82) is 5.39 Å². The number of ether oxygens (including phenoxy) is 1. The first-order chi connectivity index (χ1) is 4.86. The second-order valence-corrected chi connectivity index (χ2v) is 1.80. The minimum atomic E-state index is 0. The third-order valence-corrected chi connectivity index (χ3v) is 1.19. The summed E-state index contributed by atoms with van der Waals surface area (Å²) in [7, 11) is 1.59. The van der Waals surface area contributed by atoms with Gasteiger partial charge < -0.3 is 17.1 Å². The van der Waals surface area contributed by atoms with E-state index >= 15 is 0 Å². The van der Waals surface area contributed by atoms with Gasteiger partial charge in [0.1, 0.15) is 5.75 Å². The molecule has 0 aliphatic heterocycles. The molecule has 0 N–H and O–H groups in total. The van der Waals surface area contributed by atoms with Gasteiger partial charge in [0.05, 0.1) is 7.11 Å². The number of benzene rings is 1. The van der Waals surface area contributed by atoms with Gasteiger partial charge in [-0.15, -0.1) is 0 Å². The van der Waals surface area contributed by atoms with Crippen molar-refractivity contribution in [2.45, 2.75) is 0 Å². The first-order valence-corrected chi connectivity index (χ1v) is 2.86. The molecule has 0 atom stereocenters. The van der Waals surface area contributed by atoms with E-state index in [1.807, 2.05) is 0 Å². The fourth-order valence-corrected chi connectivity index (χ4v) is 0.649. The Balaban J connectivity index is 0. The van der Waals surface area contributed by atoms with Crippen LogP contribution in [0.25, 0.3) is 4.98 Å². The van der Waals surface area contributed by atoms with E-state index in [4.69, 9.17) is 10.1 Å². The molecule has 0 bridgehead atoms. The van der Waals surface area contributed by atoms with Crippen LogP contribution in [0.1, 0.15) is 0 Å². The maximum Gasteiger partial charge on any atom is 0.385 e. The summed E-state index contributed by atoms with van der Waals surface area (Å²) < 4.78 is 4.89. The number of halogens is 1. The molecule has 0 aliphatic rings. The number of nitrogens with zero attached hydrogens (tertiary/aromatic N) is 2. The van der Waals surface area contributed by atoms with Crippen LogP contribution in [0.4, 0.5) is 5.69 Å². The second-order valence-electron chi connectivity index (χ2n) is 1.80. The number of diazo groups is 1. The number of rotatable bonds is 1. The summed E-state index contributed by atoms with van der Waals surface area (Å²) in [5.74, 6) is 0.757. The molecule has 0 heterocycles. The fraction of sp³-hybridized carbons (Fsp3) is 0.143. The normalized spacial score (nSPS) is 7.00. The molecule has 0 saturated heterocycles. The van der Waals surface area contributed by atoms with Crippen LogP contribution in [0.3, 0.4) is 0 Å².